The topological polar surface area (TPSA) is 116 Å². The number of piperazine rings is 1. The van der Waals surface area contributed by atoms with E-state index in [1.807, 2.05) is 9.80 Å². The van der Waals surface area contributed by atoms with Gasteiger partial charge in [-0.3, -0.25) is 14.6 Å². The van der Waals surface area contributed by atoms with E-state index in [4.69, 9.17) is 5.73 Å². The van der Waals surface area contributed by atoms with Crippen molar-refractivity contribution in [2.75, 3.05) is 36.8 Å². The molecule has 1 saturated carbocycles. The first kappa shape index (κ1) is 15.8. The number of hydrogen-bond donors (Lipinski definition) is 3. The van der Waals surface area contributed by atoms with Gasteiger partial charge in [0.2, 0.25) is 11.9 Å². The van der Waals surface area contributed by atoms with Crippen LogP contribution in [0.4, 0.5) is 11.8 Å². The minimum atomic E-state index is -0.345. The van der Waals surface area contributed by atoms with Gasteiger partial charge in [0, 0.05) is 38.2 Å². The molecular weight excluding hydrogens is 298 g/mol. The van der Waals surface area contributed by atoms with Crippen LogP contribution in [0.3, 0.4) is 0 Å². The number of aliphatic hydroxyl groups is 1. The number of anilines is 2. The average Bonchev–Trinajstić information content (AvgIpc) is 2.53. The third-order valence-electron chi connectivity index (χ3n) is 4.66. The Bertz CT molecular complexity index is 624. The molecular formula is C15H23N5O3. The number of nitrogens with zero attached hydrogens (tertiary/aromatic N) is 3. The van der Waals surface area contributed by atoms with E-state index >= 15 is 0 Å². The van der Waals surface area contributed by atoms with Crippen LogP contribution in [0.15, 0.2) is 10.9 Å². The van der Waals surface area contributed by atoms with E-state index < -0.39 is 0 Å². The number of H-pyrrole nitrogens is 1. The fraction of sp³-hybridized carbons (Fsp3) is 0.667. The summed E-state index contributed by atoms with van der Waals surface area (Å²) in [6.07, 6.45) is 2.80. The summed E-state index contributed by atoms with van der Waals surface area (Å²) in [4.78, 5) is 34.4. The minimum Gasteiger partial charge on any atom is -0.393 e. The molecule has 0 unspecified atom stereocenters. The highest BCUT2D eigenvalue weighted by molar-refractivity contribution is 5.79. The van der Waals surface area contributed by atoms with Crippen LogP contribution in [0.1, 0.15) is 25.7 Å². The van der Waals surface area contributed by atoms with Crippen LogP contribution in [0, 0.1) is 5.92 Å². The number of hydrogen-bond acceptors (Lipinski definition) is 6. The molecule has 0 aromatic carbocycles. The minimum absolute atomic E-state index is 0.0568. The van der Waals surface area contributed by atoms with Crippen molar-refractivity contribution in [3.8, 4) is 0 Å². The normalized spacial score (nSPS) is 25.4. The molecule has 4 N–H and O–H groups in total. The first-order valence-electron chi connectivity index (χ1n) is 8.11. The molecule has 0 spiro atoms. The maximum atomic E-state index is 12.6. The number of aliphatic hydroxyl groups excluding tert-OH is 1. The van der Waals surface area contributed by atoms with E-state index in [0.717, 1.165) is 19.3 Å². The van der Waals surface area contributed by atoms with Gasteiger partial charge >= 0.3 is 0 Å². The molecule has 1 amide bonds. The molecule has 1 aliphatic heterocycles. The van der Waals surface area contributed by atoms with Gasteiger partial charge in [-0.15, -0.1) is 0 Å². The molecule has 1 aliphatic carbocycles. The average molecular weight is 321 g/mol. The Labute approximate surface area is 134 Å². The van der Waals surface area contributed by atoms with E-state index in [9.17, 15) is 14.7 Å². The molecule has 1 saturated heterocycles. The predicted molar refractivity (Wildman–Crippen MR) is 86.0 cm³/mol. The van der Waals surface area contributed by atoms with E-state index in [1.165, 1.54) is 6.07 Å². The van der Waals surface area contributed by atoms with Gasteiger partial charge in [-0.25, -0.2) is 0 Å². The van der Waals surface area contributed by atoms with Gasteiger partial charge in [0.25, 0.3) is 5.56 Å². The lowest BCUT2D eigenvalue weighted by Gasteiger charge is -2.38. The highest BCUT2D eigenvalue weighted by Gasteiger charge is 2.31. The third kappa shape index (κ3) is 3.64. The molecule has 0 bridgehead atoms. The van der Waals surface area contributed by atoms with Gasteiger partial charge in [-0.2, -0.15) is 4.98 Å². The second-order valence-corrected chi connectivity index (χ2v) is 6.32. The molecule has 2 heterocycles. The molecule has 2 atom stereocenters. The highest BCUT2D eigenvalue weighted by atomic mass is 16.3. The summed E-state index contributed by atoms with van der Waals surface area (Å²) in [5.41, 5.74) is 5.29. The molecule has 126 valence electrons. The van der Waals surface area contributed by atoms with Crippen molar-refractivity contribution < 1.29 is 9.90 Å². The number of carbonyl (C=O) groups is 1. The zero-order valence-electron chi connectivity index (χ0n) is 13.1. The molecule has 8 heteroatoms. The van der Waals surface area contributed by atoms with Crippen LogP contribution in [-0.2, 0) is 4.79 Å². The maximum Gasteiger partial charge on any atom is 0.254 e. The van der Waals surface area contributed by atoms with Crippen molar-refractivity contribution in [3.05, 3.63) is 16.4 Å². The van der Waals surface area contributed by atoms with Crippen molar-refractivity contribution in [2.45, 2.75) is 31.8 Å². The number of nitrogens with two attached hydrogens (primary N) is 1. The summed E-state index contributed by atoms with van der Waals surface area (Å²) in [7, 11) is 0. The highest BCUT2D eigenvalue weighted by Crippen LogP contribution is 2.26. The fourth-order valence-electron chi connectivity index (χ4n) is 3.43. The van der Waals surface area contributed by atoms with Crippen molar-refractivity contribution >= 4 is 17.7 Å². The summed E-state index contributed by atoms with van der Waals surface area (Å²) in [5, 5.41) is 9.74. The van der Waals surface area contributed by atoms with Crippen LogP contribution in [-0.4, -0.2) is 58.2 Å². The lowest BCUT2D eigenvalue weighted by molar-refractivity contribution is -0.138. The second kappa shape index (κ2) is 6.57. The molecule has 1 aromatic heterocycles. The number of carbonyl (C=O) groups excluding carboxylic acids is 1. The molecule has 1 aromatic rings. The number of nitrogen functional groups attached to an aromatic ring is 1. The molecule has 2 aliphatic rings. The molecule has 2 fully saturated rings. The first-order valence-corrected chi connectivity index (χ1v) is 8.11. The fourth-order valence-corrected chi connectivity index (χ4v) is 3.43. The van der Waals surface area contributed by atoms with Crippen LogP contribution in [0.2, 0.25) is 0 Å². The summed E-state index contributed by atoms with van der Waals surface area (Å²) >= 11 is 0. The van der Waals surface area contributed by atoms with Crippen molar-refractivity contribution in [2.24, 2.45) is 5.92 Å². The Hall–Kier alpha value is -2.09. The van der Waals surface area contributed by atoms with E-state index in [1.54, 1.807) is 0 Å². The molecule has 23 heavy (non-hydrogen) atoms. The number of rotatable bonds is 2. The summed E-state index contributed by atoms with van der Waals surface area (Å²) in [5.74, 6) is 0.731. The number of nitrogens with one attached hydrogen (secondary N) is 1. The van der Waals surface area contributed by atoms with Crippen molar-refractivity contribution in [1.29, 1.82) is 0 Å². The Morgan fingerprint density at radius 3 is 2.70 bits per heavy atom. The Morgan fingerprint density at radius 1 is 1.30 bits per heavy atom. The van der Waals surface area contributed by atoms with Crippen molar-refractivity contribution in [3.63, 3.8) is 0 Å². The van der Waals surface area contributed by atoms with Crippen LogP contribution in [0.25, 0.3) is 0 Å². The monoisotopic (exact) mass is 321 g/mol. The zero-order valence-corrected chi connectivity index (χ0v) is 13.1. The number of aromatic nitrogens is 2. The third-order valence-corrected chi connectivity index (χ3v) is 4.66. The van der Waals surface area contributed by atoms with E-state index in [0.29, 0.717) is 38.4 Å². The summed E-state index contributed by atoms with van der Waals surface area (Å²) < 4.78 is 0. The van der Waals surface area contributed by atoms with E-state index in [2.05, 4.69) is 9.97 Å². The van der Waals surface area contributed by atoms with Gasteiger partial charge in [0.05, 0.1) is 6.10 Å². The smallest absolute Gasteiger partial charge is 0.254 e. The second-order valence-electron chi connectivity index (χ2n) is 6.32. The van der Waals surface area contributed by atoms with E-state index in [-0.39, 0.29) is 29.4 Å². The zero-order chi connectivity index (χ0) is 16.4. The maximum absolute atomic E-state index is 12.6. The molecule has 0 radical (unpaired) electrons. The van der Waals surface area contributed by atoms with Gasteiger partial charge in [-0.1, -0.05) is 6.42 Å². The van der Waals surface area contributed by atoms with Gasteiger partial charge in [-0.05, 0) is 19.3 Å². The van der Waals surface area contributed by atoms with Crippen LogP contribution >= 0.6 is 0 Å². The Balaban J connectivity index is 1.59. The lowest BCUT2D eigenvalue weighted by Crippen LogP contribution is -2.51. The van der Waals surface area contributed by atoms with Crippen LogP contribution in [0.5, 0.6) is 0 Å². The standard InChI is InChI=1S/C15H23N5O3/c16-15-17-12(9-13(22)18-15)19-4-6-20(7-5-19)14(23)10-2-1-3-11(21)8-10/h9-11,21H,1-8H2,(H3,16,17,18,22)/t10-,11-/m0/s1. The quantitative estimate of drug-likeness (QED) is 0.679. The Kier molecular flexibility index (Phi) is 4.51. The van der Waals surface area contributed by atoms with Crippen molar-refractivity contribution in [1.82, 2.24) is 14.9 Å². The van der Waals surface area contributed by atoms with Crippen LogP contribution < -0.4 is 16.2 Å². The number of amides is 1. The lowest BCUT2D eigenvalue weighted by atomic mass is 9.86. The van der Waals surface area contributed by atoms with Gasteiger partial charge < -0.3 is 20.6 Å². The number of aromatic amines is 1. The first-order chi connectivity index (χ1) is 11.0. The molecule has 8 nitrogen and oxygen atoms in total. The summed E-state index contributed by atoms with van der Waals surface area (Å²) in [6.45, 7) is 2.44. The van der Waals surface area contributed by atoms with Gasteiger partial charge in [0.1, 0.15) is 5.82 Å². The van der Waals surface area contributed by atoms with Gasteiger partial charge in [0.15, 0.2) is 0 Å². The molecule has 3 rings (SSSR count). The largest absolute Gasteiger partial charge is 0.393 e. The SMILES string of the molecule is Nc1nc(N2CCN(C(=O)[C@H]3CCC[C@H](O)C3)CC2)cc(=O)[nH]1. The summed E-state index contributed by atoms with van der Waals surface area (Å²) in [6, 6.07) is 1.42. The Morgan fingerprint density at radius 2 is 2.04 bits per heavy atom. The predicted octanol–water partition coefficient (Wildman–Crippen LogP) is -0.448.